The van der Waals surface area contributed by atoms with Crippen LogP contribution in [0.25, 0.3) is 5.69 Å². The molecule has 2 rings (SSSR count). The van der Waals surface area contributed by atoms with E-state index in [0.717, 1.165) is 35.5 Å². The highest BCUT2D eigenvalue weighted by Crippen LogP contribution is 2.26. The number of hydrogen-bond acceptors (Lipinski definition) is 3. The lowest BCUT2D eigenvalue weighted by molar-refractivity contribution is 0.150. The lowest BCUT2D eigenvalue weighted by atomic mass is 9.99. The summed E-state index contributed by atoms with van der Waals surface area (Å²) >= 11 is 0. The first-order valence-corrected chi connectivity index (χ1v) is 8.04. The van der Waals surface area contributed by atoms with E-state index in [9.17, 15) is 5.11 Å². The molecule has 22 heavy (non-hydrogen) atoms. The van der Waals surface area contributed by atoms with Gasteiger partial charge in [-0.25, -0.2) is 4.68 Å². The van der Waals surface area contributed by atoms with E-state index in [-0.39, 0.29) is 0 Å². The predicted octanol–water partition coefficient (Wildman–Crippen LogP) is 3.91. The molecule has 0 spiro atoms. The van der Waals surface area contributed by atoms with E-state index in [2.05, 4.69) is 25.9 Å². The van der Waals surface area contributed by atoms with Crippen molar-refractivity contribution < 1.29 is 9.84 Å². The minimum atomic E-state index is -0.459. The van der Waals surface area contributed by atoms with Crippen molar-refractivity contribution in [3.63, 3.8) is 0 Å². The number of aromatic nitrogens is 2. The van der Waals surface area contributed by atoms with Crippen LogP contribution in [0.2, 0.25) is 0 Å². The fourth-order valence-corrected chi connectivity index (χ4v) is 2.56. The van der Waals surface area contributed by atoms with Crippen molar-refractivity contribution in [2.45, 2.75) is 46.6 Å². The molecule has 1 atom stereocenters. The molecular weight excluding hydrogens is 276 g/mol. The van der Waals surface area contributed by atoms with Gasteiger partial charge in [0.15, 0.2) is 0 Å². The van der Waals surface area contributed by atoms with Crippen LogP contribution in [0.15, 0.2) is 30.5 Å². The molecule has 0 bridgehead atoms. The fraction of sp³-hybridized carbons (Fsp3) is 0.500. The third-order valence-corrected chi connectivity index (χ3v) is 3.60. The maximum atomic E-state index is 10.4. The van der Waals surface area contributed by atoms with Gasteiger partial charge in [-0.1, -0.05) is 26.8 Å². The molecule has 1 heterocycles. The summed E-state index contributed by atoms with van der Waals surface area (Å²) < 4.78 is 7.37. The molecule has 1 unspecified atom stereocenters. The highest BCUT2D eigenvalue weighted by molar-refractivity contribution is 5.40. The van der Waals surface area contributed by atoms with Gasteiger partial charge in [-0.15, -0.1) is 0 Å². The number of rotatable bonds is 7. The quantitative estimate of drug-likeness (QED) is 0.843. The minimum absolute atomic E-state index is 0.448. The van der Waals surface area contributed by atoms with E-state index >= 15 is 0 Å². The summed E-state index contributed by atoms with van der Waals surface area (Å²) in [5.41, 5.74) is 2.83. The van der Waals surface area contributed by atoms with Gasteiger partial charge in [-0.3, -0.25) is 0 Å². The summed E-state index contributed by atoms with van der Waals surface area (Å²) in [4.78, 5) is 0. The molecule has 0 aliphatic rings. The van der Waals surface area contributed by atoms with Gasteiger partial charge in [-0.2, -0.15) is 5.10 Å². The molecule has 0 radical (unpaired) electrons. The van der Waals surface area contributed by atoms with Crippen molar-refractivity contribution in [2.75, 3.05) is 6.61 Å². The van der Waals surface area contributed by atoms with Gasteiger partial charge >= 0.3 is 0 Å². The molecule has 1 N–H and O–H groups in total. The Morgan fingerprint density at radius 3 is 2.68 bits per heavy atom. The van der Waals surface area contributed by atoms with Crippen molar-refractivity contribution >= 4 is 0 Å². The van der Waals surface area contributed by atoms with Crippen LogP contribution in [-0.4, -0.2) is 21.5 Å². The zero-order valence-corrected chi connectivity index (χ0v) is 13.9. The van der Waals surface area contributed by atoms with E-state index in [4.69, 9.17) is 4.74 Å². The standard InChI is InChI=1S/C18H26N2O2/c1-5-17-16(18(21)10-13(3)4)12-20(19-17)14-8-7-9-15(11-14)22-6-2/h7-9,11-13,18,21H,5-6,10H2,1-4H3. The first-order valence-electron chi connectivity index (χ1n) is 8.04. The Kier molecular flexibility index (Phi) is 5.61. The smallest absolute Gasteiger partial charge is 0.121 e. The third kappa shape index (κ3) is 3.89. The molecule has 0 saturated heterocycles. The molecule has 4 heteroatoms. The zero-order chi connectivity index (χ0) is 16.1. The van der Waals surface area contributed by atoms with Crippen LogP contribution < -0.4 is 4.74 Å². The second-order valence-corrected chi connectivity index (χ2v) is 5.90. The molecule has 1 aromatic heterocycles. The van der Waals surface area contributed by atoms with Crippen molar-refractivity contribution in [2.24, 2.45) is 5.92 Å². The van der Waals surface area contributed by atoms with E-state index < -0.39 is 6.10 Å². The van der Waals surface area contributed by atoms with Crippen LogP contribution in [0.1, 0.15) is 51.5 Å². The monoisotopic (exact) mass is 302 g/mol. The Hall–Kier alpha value is -1.81. The largest absolute Gasteiger partial charge is 0.494 e. The van der Waals surface area contributed by atoms with E-state index in [1.165, 1.54) is 0 Å². The van der Waals surface area contributed by atoms with E-state index in [1.807, 2.05) is 42.1 Å². The Labute approximate surface area is 132 Å². The number of nitrogens with zero attached hydrogens (tertiary/aromatic N) is 2. The molecule has 0 aliphatic heterocycles. The molecule has 1 aromatic carbocycles. The second-order valence-electron chi connectivity index (χ2n) is 5.90. The topological polar surface area (TPSA) is 47.3 Å². The maximum Gasteiger partial charge on any atom is 0.121 e. The predicted molar refractivity (Wildman–Crippen MR) is 88.5 cm³/mol. The number of aliphatic hydroxyl groups excluding tert-OH is 1. The first-order chi connectivity index (χ1) is 10.5. The normalized spacial score (nSPS) is 12.6. The first kappa shape index (κ1) is 16.6. The zero-order valence-electron chi connectivity index (χ0n) is 13.9. The van der Waals surface area contributed by atoms with Gasteiger partial charge in [0.2, 0.25) is 0 Å². The highest BCUT2D eigenvalue weighted by atomic mass is 16.5. The average Bonchev–Trinajstić information content (AvgIpc) is 2.91. The van der Waals surface area contributed by atoms with Crippen LogP contribution in [0.5, 0.6) is 5.75 Å². The van der Waals surface area contributed by atoms with Crippen molar-refractivity contribution in [3.8, 4) is 11.4 Å². The Morgan fingerprint density at radius 2 is 2.05 bits per heavy atom. The minimum Gasteiger partial charge on any atom is -0.494 e. The van der Waals surface area contributed by atoms with Gasteiger partial charge in [0, 0.05) is 17.8 Å². The number of hydrogen-bond donors (Lipinski definition) is 1. The summed E-state index contributed by atoms with van der Waals surface area (Å²) in [6.07, 6.45) is 3.04. The Bertz CT molecular complexity index is 605. The SMILES string of the molecule is CCOc1cccc(-n2cc(C(O)CC(C)C)c(CC)n2)c1. The van der Waals surface area contributed by atoms with Crippen LogP contribution in [-0.2, 0) is 6.42 Å². The van der Waals surface area contributed by atoms with Crippen LogP contribution >= 0.6 is 0 Å². The molecule has 2 aromatic rings. The molecule has 0 amide bonds. The van der Waals surface area contributed by atoms with Crippen molar-refractivity contribution in [3.05, 3.63) is 41.7 Å². The van der Waals surface area contributed by atoms with Crippen LogP contribution in [0, 0.1) is 5.92 Å². The second kappa shape index (κ2) is 7.45. The maximum absolute atomic E-state index is 10.4. The Balaban J connectivity index is 2.32. The lowest BCUT2D eigenvalue weighted by Crippen LogP contribution is -2.03. The van der Waals surface area contributed by atoms with Crippen LogP contribution in [0.3, 0.4) is 0 Å². The number of benzene rings is 1. The van der Waals surface area contributed by atoms with Crippen molar-refractivity contribution in [1.82, 2.24) is 9.78 Å². The molecule has 0 saturated carbocycles. The summed E-state index contributed by atoms with van der Waals surface area (Å²) in [6, 6.07) is 7.85. The molecule has 0 fully saturated rings. The lowest BCUT2D eigenvalue weighted by Gasteiger charge is -2.12. The van der Waals surface area contributed by atoms with Gasteiger partial charge in [0.05, 0.1) is 24.1 Å². The summed E-state index contributed by atoms with van der Waals surface area (Å²) in [7, 11) is 0. The summed E-state index contributed by atoms with van der Waals surface area (Å²) in [5.74, 6) is 1.28. The van der Waals surface area contributed by atoms with E-state index in [0.29, 0.717) is 12.5 Å². The molecular formula is C18H26N2O2. The number of aryl methyl sites for hydroxylation is 1. The van der Waals surface area contributed by atoms with Gasteiger partial charge in [0.25, 0.3) is 0 Å². The Morgan fingerprint density at radius 1 is 1.27 bits per heavy atom. The average molecular weight is 302 g/mol. The van der Waals surface area contributed by atoms with Gasteiger partial charge in [-0.05, 0) is 37.8 Å². The summed E-state index contributed by atoms with van der Waals surface area (Å²) in [5, 5.41) is 15.1. The highest BCUT2D eigenvalue weighted by Gasteiger charge is 2.17. The van der Waals surface area contributed by atoms with Crippen LogP contribution in [0.4, 0.5) is 0 Å². The van der Waals surface area contributed by atoms with Gasteiger partial charge < -0.3 is 9.84 Å². The van der Waals surface area contributed by atoms with Gasteiger partial charge in [0.1, 0.15) is 5.75 Å². The number of ether oxygens (including phenoxy) is 1. The number of aliphatic hydroxyl groups is 1. The molecule has 0 aliphatic carbocycles. The van der Waals surface area contributed by atoms with Crippen molar-refractivity contribution in [1.29, 1.82) is 0 Å². The fourth-order valence-electron chi connectivity index (χ4n) is 2.56. The summed E-state index contributed by atoms with van der Waals surface area (Å²) in [6.45, 7) is 8.90. The van der Waals surface area contributed by atoms with E-state index in [1.54, 1.807) is 0 Å². The molecule has 120 valence electrons. The molecule has 4 nitrogen and oxygen atoms in total. The third-order valence-electron chi connectivity index (χ3n) is 3.60.